The summed E-state index contributed by atoms with van der Waals surface area (Å²) < 4.78 is 0. The molecular formula is C18H20N4O. The first kappa shape index (κ1) is 15.1. The maximum atomic E-state index is 12.1. The molecule has 2 aromatic carbocycles. The molecule has 0 fully saturated rings. The van der Waals surface area contributed by atoms with Gasteiger partial charge in [0.05, 0.1) is 10.9 Å². The number of nitrogens with one attached hydrogen (secondary N) is 2. The largest absolute Gasteiger partial charge is 0.378 e. The topological polar surface area (TPSA) is 61.0 Å². The fourth-order valence-electron chi connectivity index (χ4n) is 2.51. The van der Waals surface area contributed by atoms with E-state index in [1.54, 1.807) is 6.07 Å². The fourth-order valence-corrected chi connectivity index (χ4v) is 2.51. The van der Waals surface area contributed by atoms with Crippen LogP contribution in [0, 0.1) is 6.92 Å². The summed E-state index contributed by atoms with van der Waals surface area (Å²) in [4.78, 5) is 21.4. The van der Waals surface area contributed by atoms with Crippen LogP contribution >= 0.6 is 0 Å². The number of hydrogen-bond acceptors (Lipinski definition) is 4. The smallest absolute Gasteiger partial charge is 0.260 e. The molecular weight excluding hydrogens is 288 g/mol. The number of hydrogen-bond donors (Lipinski definition) is 2. The lowest BCUT2D eigenvalue weighted by molar-refractivity contribution is 1.04. The van der Waals surface area contributed by atoms with Gasteiger partial charge in [-0.2, -0.15) is 0 Å². The van der Waals surface area contributed by atoms with E-state index in [0.29, 0.717) is 23.4 Å². The summed E-state index contributed by atoms with van der Waals surface area (Å²) in [7, 11) is 4.05. The van der Waals surface area contributed by atoms with E-state index in [9.17, 15) is 4.79 Å². The molecule has 3 rings (SSSR count). The summed E-state index contributed by atoms with van der Waals surface area (Å²) in [6.07, 6.45) is 0. The van der Waals surface area contributed by atoms with Gasteiger partial charge in [-0.15, -0.1) is 0 Å². The van der Waals surface area contributed by atoms with Crippen LogP contribution in [-0.2, 0) is 6.54 Å². The Kier molecular flexibility index (Phi) is 4.02. The molecule has 0 radical (unpaired) electrons. The molecule has 1 aromatic heterocycles. The third-order valence-electron chi connectivity index (χ3n) is 3.90. The Hall–Kier alpha value is -2.82. The summed E-state index contributed by atoms with van der Waals surface area (Å²) in [5.74, 6) is 0.491. The molecule has 0 spiro atoms. The molecule has 118 valence electrons. The third-order valence-corrected chi connectivity index (χ3v) is 3.90. The number of nitrogens with zero attached hydrogens (tertiary/aromatic N) is 2. The minimum absolute atomic E-state index is 0.127. The zero-order chi connectivity index (χ0) is 16.4. The molecule has 0 atom stereocenters. The second-order valence-electron chi connectivity index (χ2n) is 5.79. The minimum Gasteiger partial charge on any atom is -0.378 e. The molecule has 3 aromatic rings. The van der Waals surface area contributed by atoms with Crippen LogP contribution in [0.1, 0.15) is 11.1 Å². The summed E-state index contributed by atoms with van der Waals surface area (Å²) >= 11 is 0. The van der Waals surface area contributed by atoms with Crippen molar-refractivity contribution in [2.45, 2.75) is 13.5 Å². The van der Waals surface area contributed by atoms with E-state index in [4.69, 9.17) is 0 Å². The number of aryl methyl sites for hydroxylation is 1. The molecule has 0 unspecified atom stereocenters. The van der Waals surface area contributed by atoms with Crippen molar-refractivity contribution in [2.24, 2.45) is 0 Å². The summed E-state index contributed by atoms with van der Waals surface area (Å²) in [5.41, 5.74) is 4.11. The van der Waals surface area contributed by atoms with E-state index in [1.807, 2.05) is 32.3 Å². The van der Waals surface area contributed by atoms with Gasteiger partial charge in [0.1, 0.15) is 0 Å². The van der Waals surface area contributed by atoms with Crippen molar-refractivity contribution in [1.29, 1.82) is 0 Å². The predicted octanol–water partition coefficient (Wildman–Crippen LogP) is 2.91. The van der Waals surface area contributed by atoms with Crippen molar-refractivity contribution in [3.05, 3.63) is 63.9 Å². The van der Waals surface area contributed by atoms with Gasteiger partial charge in [0.2, 0.25) is 5.95 Å². The zero-order valence-electron chi connectivity index (χ0n) is 13.6. The highest BCUT2D eigenvalue weighted by atomic mass is 16.1. The average molecular weight is 308 g/mol. The Labute approximate surface area is 135 Å². The number of aromatic nitrogens is 2. The number of rotatable bonds is 4. The third kappa shape index (κ3) is 3.18. The van der Waals surface area contributed by atoms with Gasteiger partial charge in [0.25, 0.3) is 5.56 Å². The molecule has 0 aliphatic carbocycles. The maximum Gasteiger partial charge on any atom is 0.260 e. The van der Waals surface area contributed by atoms with E-state index in [1.165, 1.54) is 16.8 Å². The molecule has 0 saturated carbocycles. The first-order chi connectivity index (χ1) is 11.0. The Morgan fingerprint density at radius 3 is 2.70 bits per heavy atom. The van der Waals surface area contributed by atoms with Crippen LogP contribution in [0.3, 0.4) is 0 Å². The Bertz CT molecular complexity index is 899. The lowest BCUT2D eigenvalue weighted by atomic mass is 10.1. The summed E-state index contributed by atoms with van der Waals surface area (Å²) in [5, 5.41) is 3.80. The van der Waals surface area contributed by atoms with Gasteiger partial charge in [-0.05, 0) is 42.3 Å². The zero-order valence-corrected chi connectivity index (χ0v) is 13.6. The van der Waals surface area contributed by atoms with Gasteiger partial charge in [-0.1, -0.05) is 18.2 Å². The van der Waals surface area contributed by atoms with E-state index in [-0.39, 0.29) is 5.56 Å². The second kappa shape index (κ2) is 6.12. The standard InChI is InChI=1S/C18H20N4O/c1-12-10-14(22(2)3)9-8-13(12)11-19-18-20-16-7-5-4-6-15(16)17(23)21-18/h4-10H,11H2,1-3H3,(H2,19,20,21,23). The monoisotopic (exact) mass is 308 g/mol. The minimum atomic E-state index is -0.127. The van der Waals surface area contributed by atoms with E-state index < -0.39 is 0 Å². The predicted molar refractivity (Wildman–Crippen MR) is 95.2 cm³/mol. The first-order valence-corrected chi connectivity index (χ1v) is 7.54. The van der Waals surface area contributed by atoms with Crippen molar-refractivity contribution in [3.63, 3.8) is 0 Å². The first-order valence-electron chi connectivity index (χ1n) is 7.54. The van der Waals surface area contributed by atoms with Crippen LogP contribution in [0.5, 0.6) is 0 Å². The lowest BCUT2D eigenvalue weighted by Gasteiger charge is -2.15. The highest BCUT2D eigenvalue weighted by Gasteiger charge is 2.05. The van der Waals surface area contributed by atoms with E-state index >= 15 is 0 Å². The van der Waals surface area contributed by atoms with Gasteiger partial charge in [-0.3, -0.25) is 9.78 Å². The number of anilines is 2. The van der Waals surface area contributed by atoms with Crippen LogP contribution in [0.4, 0.5) is 11.6 Å². The van der Waals surface area contributed by atoms with E-state index in [0.717, 1.165) is 0 Å². The average Bonchev–Trinajstić information content (AvgIpc) is 2.53. The molecule has 0 aliphatic rings. The van der Waals surface area contributed by atoms with Gasteiger partial charge < -0.3 is 10.2 Å². The molecule has 1 heterocycles. The van der Waals surface area contributed by atoms with Gasteiger partial charge in [0, 0.05) is 26.3 Å². The maximum absolute atomic E-state index is 12.1. The van der Waals surface area contributed by atoms with Crippen molar-refractivity contribution < 1.29 is 0 Å². The van der Waals surface area contributed by atoms with Crippen LogP contribution < -0.4 is 15.8 Å². The van der Waals surface area contributed by atoms with Crippen molar-refractivity contribution >= 4 is 22.5 Å². The number of fused-ring (bicyclic) bond motifs is 1. The summed E-state index contributed by atoms with van der Waals surface area (Å²) in [6.45, 7) is 2.70. The molecule has 23 heavy (non-hydrogen) atoms. The van der Waals surface area contributed by atoms with Crippen LogP contribution in [-0.4, -0.2) is 24.1 Å². The van der Waals surface area contributed by atoms with Crippen molar-refractivity contribution in [1.82, 2.24) is 9.97 Å². The quantitative estimate of drug-likeness (QED) is 0.778. The number of benzene rings is 2. The Morgan fingerprint density at radius 1 is 1.17 bits per heavy atom. The molecule has 5 nitrogen and oxygen atoms in total. The number of para-hydroxylation sites is 1. The Balaban J connectivity index is 1.82. The Morgan fingerprint density at radius 2 is 1.96 bits per heavy atom. The van der Waals surface area contributed by atoms with Crippen molar-refractivity contribution in [2.75, 3.05) is 24.3 Å². The fraction of sp³-hybridized carbons (Fsp3) is 0.222. The highest BCUT2D eigenvalue weighted by Crippen LogP contribution is 2.18. The molecule has 0 saturated heterocycles. The van der Waals surface area contributed by atoms with Gasteiger partial charge in [0.15, 0.2) is 0 Å². The summed E-state index contributed by atoms with van der Waals surface area (Å²) in [6, 6.07) is 13.7. The van der Waals surface area contributed by atoms with Gasteiger partial charge >= 0.3 is 0 Å². The van der Waals surface area contributed by atoms with Crippen molar-refractivity contribution in [3.8, 4) is 0 Å². The van der Waals surface area contributed by atoms with Gasteiger partial charge in [-0.25, -0.2) is 4.98 Å². The molecule has 2 N–H and O–H groups in total. The molecule has 0 bridgehead atoms. The van der Waals surface area contributed by atoms with Crippen LogP contribution in [0.15, 0.2) is 47.3 Å². The van der Waals surface area contributed by atoms with Crippen LogP contribution in [0.2, 0.25) is 0 Å². The van der Waals surface area contributed by atoms with Crippen LogP contribution in [0.25, 0.3) is 10.9 Å². The van der Waals surface area contributed by atoms with E-state index in [2.05, 4.69) is 45.3 Å². The SMILES string of the molecule is Cc1cc(N(C)C)ccc1CNc1nc2ccccc2c(=O)[nH]1. The lowest BCUT2D eigenvalue weighted by Crippen LogP contribution is -2.14. The molecule has 0 aliphatic heterocycles. The normalized spacial score (nSPS) is 10.7. The number of H-pyrrole nitrogens is 1. The molecule has 5 heteroatoms. The number of aromatic amines is 1. The second-order valence-corrected chi connectivity index (χ2v) is 5.79. The molecule has 0 amide bonds. The highest BCUT2D eigenvalue weighted by molar-refractivity contribution is 5.78.